The van der Waals surface area contributed by atoms with Crippen LogP contribution in [0.4, 0.5) is 0 Å². The maximum Gasteiger partial charge on any atom is 0.307 e. The molecule has 1 aromatic carbocycles. The number of aliphatic carboxylic acids is 1. The molecule has 0 aromatic heterocycles. The van der Waals surface area contributed by atoms with Crippen LogP contribution < -0.4 is 5.43 Å². The number of hydrogen-bond donors (Lipinski definition) is 2. The van der Waals surface area contributed by atoms with E-state index in [2.05, 4.69) is 13.0 Å². The largest absolute Gasteiger partial charge is 0.508 e. The summed E-state index contributed by atoms with van der Waals surface area (Å²) in [4.78, 5) is 24.0. The summed E-state index contributed by atoms with van der Waals surface area (Å²) in [5.41, 5.74) is 1.93. The Morgan fingerprint density at radius 1 is 1.07 bits per heavy atom. The van der Waals surface area contributed by atoms with Crippen LogP contribution >= 0.6 is 0 Å². The lowest BCUT2D eigenvalue weighted by molar-refractivity contribution is -0.143. The van der Waals surface area contributed by atoms with Gasteiger partial charge in [0, 0.05) is 29.0 Å². The topological polar surface area (TPSA) is 87.7 Å². The molecule has 0 radical (unpaired) electrons. The average Bonchev–Trinajstić information content (AvgIpc) is 3.12. The minimum atomic E-state index is -0.801. The number of aromatic hydroxyl groups is 1. The Balaban J connectivity index is 1.87. The predicted molar refractivity (Wildman–Crippen MR) is 99.9 cm³/mol. The summed E-state index contributed by atoms with van der Waals surface area (Å²) in [6.45, 7) is 2.10. The van der Waals surface area contributed by atoms with E-state index < -0.39 is 11.9 Å². The highest BCUT2D eigenvalue weighted by atomic mass is 16.4. The molecule has 136 valence electrons. The molecule has 2 bridgehead atoms. The zero-order chi connectivity index (χ0) is 18.9. The molecule has 1 aliphatic heterocycles. The lowest BCUT2D eigenvalue weighted by atomic mass is 9.75. The monoisotopic (exact) mass is 362 g/mol. The van der Waals surface area contributed by atoms with Crippen molar-refractivity contribution >= 4 is 16.9 Å². The highest BCUT2D eigenvalue weighted by Gasteiger charge is 2.54. The van der Waals surface area contributed by atoms with Gasteiger partial charge in [-0.1, -0.05) is 19.1 Å². The third-order valence-electron chi connectivity index (χ3n) is 6.32. The van der Waals surface area contributed by atoms with Gasteiger partial charge < -0.3 is 14.6 Å². The van der Waals surface area contributed by atoms with Crippen molar-refractivity contribution in [1.82, 2.24) is 0 Å². The van der Waals surface area contributed by atoms with Crippen LogP contribution in [0.15, 0.2) is 57.8 Å². The molecular weight excluding hydrogens is 344 g/mol. The molecule has 5 nitrogen and oxygen atoms in total. The van der Waals surface area contributed by atoms with Gasteiger partial charge in [-0.2, -0.15) is 0 Å². The summed E-state index contributed by atoms with van der Waals surface area (Å²) in [6, 6.07) is 9.49. The van der Waals surface area contributed by atoms with Crippen LogP contribution in [0.25, 0.3) is 22.3 Å². The Bertz CT molecular complexity index is 1140. The molecular formula is C22H18O5. The third-order valence-corrected chi connectivity index (χ3v) is 6.32. The van der Waals surface area contributed by atoms with Crippen molar-refractivity contribution < 1.29 is 19.4 Å². The van der Waals surface area contributed by atoms with Crippen LogP contribution in [0.1, 0.15) is 18.4 Å². The minimum absolute atomic E-state index is 0.00404. The third kappa shape index (κ3) is 2.17. The maximum absolute atomic E-state index is 12.2. The SMILES string of the molecule is C[C@@H]1[C@@H]2C=C[C@@H]1[C@@H](c1c3ccc(=O)cc-3oc3cc(O)ccc13)[C@H]2C(=O)O. The standard InChI is InChI=1S/C22H18O5/c1-10-13-6-7-14(10)21(22(25)26)20(13)19-15-4-2-11(23)8-17(15)27-18-9-12(24)3-5-16(18)19/h2-10,13-14,20-21,23H,1H3,(H,25,26)/t10-,13-,14-,20-,21-/m0/s1. The lowest BCUT2D eigenvalue weighted by Gasteiger charge is -2.28. The van der Waals surface area contributed by atoms with E-state index in [1.54, 1.807) is 18.2 Å². The number of fused-ring (bicyclic) bond motifs is 4. The van der Waals surface area contributed by atoms with Gasteiger partial charge in [-0.3, -0.25) is 9.59 Å². The first kappa shape index (κ1) is 16.1. The van der Waals surface area contributed by atoms with Crippen molar-refractivity contribution in [1.29, 1.82) is 0 Å². The molecule has 27 heavy (non-hydrogen) atoms. The quantitative estimate of drug-likeness (QED) is 0.534. The summed E-state index contributed by atoms with van der Waals surface area (Å²) < 4.78 is 5.89. The highest BCUT2D eigenvalue weighted by molar-refractivity contribution is 5.91. The van der Waals surface area contributed by atoms with E-state index in [4.69, 9.17) is 4.42 Å². The van der Waals surface area contributed by atoms with E-state index in [-0.39, 0.29) is 34.8 Å². The van der Waals surface area contributed by atoms with Crippen molar-refractivity contribution in [2.45, 2.75) is 12.8 Å². The number of hydrogen-bond acceptors (Lipinski definition) is 4. The van der Waals surface area contributed by atoms with Gasteiger partial charge in [-0.25, -0.2) is 0 Å². The Morgan fingerprint density at radius 2 is 1.85 bits per heavy atom. The molecule has 1 fully saturated rings. The van der Waals surface area contributed by atoms with Crippen molar-refractivity contribution in [3.8, 4) is 17.1 Å². The molecule has 1 saturated carbocycles. The zero-order valence-corrected chi connectivity index (χ0v) is 14.6. The molecule has 1 aromatic rings. The number of allylic oxidation sites excluding steroid dienone is 2. The molecule has 0 spiro atoms. The molecule has 5 rings (SSSR count). The molecule has 1 heterocycles. The molecule has 5 heteroatoms. The Morgan fingerprint density at radius 3 is 2.63 bits per heavy atom. The van der Waals surface area contributed by atoms with Crippen molar-refractivity contribution in [3.63, 3.8) is 0 Å². The second-order valence-electron chi connectivity index (χ2n) is 7.64. The number of carboxylic acids is 1. The molecule has 3 aliphatic carbocycles. The molecule has 5 atom stereocenters. The van der Waals surface area contributed by atoms with E-state index >= 15 is 0 Å². The molecule has 4 aliphatic rings. The van der Waals surface area contributed by atoms with Crippen LogP contribution in [-0.2, 0) is 4.79 Å². The Labute approximate surface area is 154 Å². The lowest BCUT2D eigenvalue weighted by Crippen LogP contribution is -2.26. The predicted octanol–water partition coefficient (Wildman–Crippen LogP) is 3.84. The summed E-state index contributed by atoms with van der Waals surface area (Å²) in [5, 5.41) is 20.6. The van der Waals surface area contributed by atoms with Gasteiger partial charge in [0.2, 0.25) is 0 Å². The average molecular weight is 362 g/mol. The van der Waals surface area contributed by atoms with Gasteiger partial charge in [0.15, 0.2) is 5.43 Å². The van der Waals surface area contributed by atoms with Crippen molar-refractivity contribution in [3.05, 3.63) is 64.3 Å². The second-order valence-corrected chi connectivity index (χ2v) is 7.64. The zero-order valence-electron chi connectivity index (χ0n) is 14.6. The maximum atomic E-state index is 12.2. The summed E-state index contributed by atoms with van der Waals surface area (Å²) >= 11 is 0. The number of carbonyl (C=O) groups is 1. The van der Waals surface area contributed by atoms with Crippen LogP contribution in [0.2, 0.25) is 0 Å². The van der Waals surface area contributed by atoms with Crippen LogP contribution in [0.3, 0.4) is 0 Å². The van der Waals surface area contributed by atoms with Gasteiger partial charge in [0.25, 0.3) is 0 Å². The number of rotatable bonds is 2. The van der Waals surface area contributed by atoms with Crippen molar-refractivity contribution in [2.75, 3.05) is 0 Å². The van der Waals surface area contributed by atoms with Gasteiger partial charge in [-0.05, 0) is 47.6 Å². The second kappa shape index (κ2) is 5.46. The number of phenolic OH excluding ortho intramolecular Hbond substituents is 1. The Hall–Kier alpha value is -3.08. The fourth-order valence-corrected chi connectivity index (χ4v) is 5.18. The molecule has 0 unspecified atom stereocenters. The van der Waals surface area contributed by atoms with Crippen LogP contribution in [-0.4, -0.2) is 16.2 Å². The minimum Gasteiger partial charge on any atom is -0.508 e. The van der Waals surface area contributed by atoms with Gasteiger partial charge in [0.05, 0.1) is 5.92 Å². The van der Waals surface area contributed by atoms with Crippen LogP contribution in [0.5, 0.6) is 5.75 Å². The van der Waals surface area contributed by atoms with E-state index in [9.17, 15) is 19.8 Å². The van der Waals surface area contributed by atoms with E-state index in [1.807, 2.05) is 6.08 Å². The smallest absolute Gasteiger partial charge is 0.307 e. The molecule has 0 saturated heterocycles. The number of benzene rings is 2. The van der Waals surface area contributed by atoms with Crippen LogP contribution in [0, 0.1) is 23.7 Å². The van der Waals surface area contributed by atoms with Gasteiger partial charge in [0.1, 0.15) is 17.1 Å². The van der Waals surface area contributed by atoms with Gasteiger partial charge >= 0.3 is 5.97 Å². The summed E-state index contributed by atoms with van der Waals surface area (Å²) in [6.07, 6.45) is 4.16. The molecule has 0 amide bonds. The summed E-state index contributed by atoms with van der Waals surface area (Å²) in [5.74, 6) is -0.703. The van der Waals surface area contributed by atoms with E-state index in [0.717, 1.165) is 16.5 Å². The normalized spacial score (nSPS) is 29.0. The van der Waals surface area contributed by atoms with E-state index in [0.29, 0.717) is 11.3 Å². The molecule has 2 N–H and O–H groups in total. The first-order chi connectivity index (χ1) is 13.0. The van der Waals surface area contributed by atoms with Gasteiger partial charge in [-0.15, -0.1) is 0 Å². The number of carboxylic acid groups (broad SMARTS) is 1. The highest BCUT2D eigenvalue weighted by Crippen LogP contribution is 2.59. The number of phenols is 1. The first-order valence-corrected chi connectivity index (χ1v) is 9.06. The van der Waals surface area contributed by atoms with Crippen molar-refractivity contribution in [2.24, 2.45) is 23.7 Å². The fourth-order valence-electron chi connectivity index (χ4n) is 5.18. The first-order valence-electron chi connectivity index (χ1n) is 9.06. The van der Waals surface area contributed by atoms with E-state index in [1.165, 1.54) is 18.2 Å². The Kier molecular flexibility index (Phi) is 3.26. The fraction of sp³-hybridized carbons (Fsp3) is 0.273. The summed E-state index contributed by atoms with van der Waals surface area (Å²) in [7, 11) is 0.